The minimum absolute atomic E-state index is 0.0331. The Morgan fingerprint density at radius 2 is 1.95 bits per heavy atom. The van der Waals surface area contributed by atoms with E-state index in [4.69, 9.17) is 33.3 Å². The van der Waals surface area contributed by atoms with Crippen molar-refractivity contribution in [1.29, 1.82) is 0 Å². The van der Waals surface area contributed by atoms with Crippen LogP contribution in [0.25, 0.3) is 5.57 Å². The number of carbonyl (C=O) groups excluding carboxylic acids is 2. The van der Waals surface area contributed by atoms with E-state index in [9.17, 15) is 19.5 Å². The SMILES string of the molecule is COc1ccc2c(c1)=C(CC(=O)OCCCSC(=S)N1CCCC1C(=O)O)C(C)[N+]=2C(=O)c1ccc(Cl)cc1. The van der Waals surface area contributed by atoms with E-state index in [1.165, 1.54) is 11.8 Å². The van der Waals surface area contributed by atoms with E-state index in [0.29, 0.717) is 51.2 Å². The molecule has 2 aliphatic heterocycles. The van der Waals surface area contributed by atoms with Crippen LogP contribution in [0.1, 0.15) is 43.0 Å². The molecule has 2 unspecified atom stereocenters. The Morgan fingerprint density at radius 3 is 2.64 bits per heavy atom. The van der Waals surface area contributed by atoms with Crippen LogP contribution >= 0.6 is 35.6 Å². The highest BCUT2D eigenvalue weighted by Crippen LogP contribution is 2.23. The smallest absolute Gasteiger partial charge is 0.420 e. The Bertz CT molecular complexity index is 1410. The number of methoxy groups -OCH3 is 1. The molecule has 1 saturated heterocycles. The van der Waals surface area contributed by atoms with Crippen molar-refractivity contribution in [3.05, 3.63) is 63.6 Å². The first-order valence-electron chi connectivity index (χ1n) is 12.7. The summed E-state index contributed by atoms with van der Waals surface area (Å²) >= 11 is 12.8. The Balaban J connectivity index is 1.39. The molecular formula is C28H30ClN2O6S2+. The van der Waals surface area contributed by atoms with Crippen LogP contribution in [0.3, 0.4) is 0 Å². The minimum Gasteiger partial charge on any atom is -0.497 e. The second-order valence-corrected chi connectivity index (χ2v) is 11.5. The average molecular weight is 590 g/mol. The number of likely N-dealkylation sites (tertiary alicyclic amines) is 1. The summed E-state index contributed by atoms with van der Waals surface area (Å²) in [6.07, 6.45) is 2.02. The van der Waals surface area contributed by atoms with Gasteiger partial charge in [0.2, 0.25) is 5.36 Å². The zero-order valence-electron chi connectivity index (χ0n) is 21.7. The van der Waals surface area contributed by atoms with Crippen molar-refractivity contribution >= 4 is 63.3 Å². The molecule has 1 N–H and O–H groups in total. The van der Waals surface area contributed by atoms with Crippen molar-refractivity contribution in [3.63, 3.8) is 0 Å². The summed E-state index contributed by atoms with van der Waals surface area (Å²) in [6.45, 7) is 2.76. The number of halogens is 1. The molecule has 1 amide bonds. The van der Waals surface area contributed by atoms with Gasteiger partial charge in [0.25, 0.3) is 0 Å². The first-order chi connectivity index (χ1) is 18.7. The number of fused-ring (bicyclic) bond motifs is 1. The van der Waals surface area contributed by atoms with Gasteiger partial charge in [-0.3, -0.25) is 4.79 Å². The van der Waals surface area contributed by atoms with Gasteiger partial charge in [-0.05, 0) is 55.7 Å². The fourth-order valence-corrected chi connectivity index (χ4v) is 6.31. The standard InChI is InChI=1S/C28H29ClN2O6S2/c1-17-21(16-25(32)37-13-4-14-39-28(38)30-12-3-5-24(30)27(34)35)22-15-20(36-2)10-11-23(22)31(17)26(33)18-6-8-19(29)9-7-18/h6-11,15,17,24H,3-5,12-14,16H2,1-2H3/p+1. The van der Waals surface area contributed by atoms with Gasteiger partial charge in [-0.15, -0.1) is 4.58 Å². The number of carbonyl (C=O) groups is 3. The molecule has 0 bridgehead atoms. The highest BCUT2D eigenvalue weighted by molar-refractivity contribution is 8.22. The van der Waals surface area contributed by atoms with Gasteiger partial charge in [0.05, 0.1) is 30.9 Å². The maximum Gasteiger partial charge on any atom is 0.420 e. The molecule has 2 aliphatic rings. The highest BCUT2D eigenvalue weighted by Gasteiger charge is 2.37. The maximum atomic E-state index is 13.4. The van der Waals surface area contributed by atoms with E-state index in [1.807, 2.05) is 19.1 Å². The molecule has 8 nitrogen and oxygen atoms in total. The largest absolute Gasteiger partial charge is 0.497 e. The second-order valence-electron chi connectivity index (χ2n) is 9.32. The van der Waals surface area contributed by atoms with E-state index in [-0.39, 0.29) is 30.9 Å². The lowest BCUT2D eigenvalue weighted by molar-refractivity contribution is -0.142. The lowest BCUT2D eigenvalue weighted by atomic mass is 10.0. The third kappa shape index (κ3) is 6.62. The topological polar surface area (TPSA) is 96.2 Å². The van der Waals surface area contributed by atoms with Gasteiger partial charge in [0.1, 0.15) is 16.1 Å². The van der Waals surface area contributed by atoms with Crippen molar-refractivity contribution in [2.24, 2.45) is 0 Å². The fourth-order valence-electron chi connectivity index (χ4n) is 4.89. The number of ether oxygens (including phenoxy) is 2. The van der Waals surface area contributed by atoms with Gasteiger partial charge < -0.3 is 19.5 Å². The first-order valence-corrected chi connectivity index (χ1v) is 14.4. The third-order valence-electron chi connectivity index (χ3n) is 6.90. The molecule has 0 spiro atoms. The monoisotopic (exact) mass is 589 g/mol. The van der Waals surface area contributed by atoms with Gasteiger partial charge >= 0.3 is 17.8 Å². The van der Waals surface area contributed by atoms with Gasteiger partial charge in [0.15, 0.2) is 6.04 Å². The van der Waals surface area contributed by atoms with Crippen LogP contribution in [0.4, 0.5) is 0 Å². The number of amides is 1. The normalized spacial score (nSPS) is 18.2. The number of benzene rings is 2. The summed E-state index contributed by atoms with van der Waals surface area (Å²) in [4.78, 5) is 39.4. The van der Waals surface area contributed by atoms with Gasteiger partial charge in [-0.2, -0.15) is 0 Å². The number of carboxylic acids is 1. The maximum absolute atomic E-state index is 13.4. The fraction of sp³-hybridized carbons (Fsp3) is 0.393. The zero-order valence-corrected chi connectivity index (χ0v) is 24.1. The van der Waals surface area contributed by atoms with Crippen molar-refractivity contribution in [3.8, 4) is 5.75 Å². The molecule has 206 valence electrons. The van der Waals surface area contributed by atoms with Crippen molar-refractivity contribution in [1.82, 2.24) is 9.48 Å². The molecule has 39 heavy (non-hydrogen) atoms. The van der Waals surface area contributed by atoms with Crippen LogP contribution in [0.2, 0.25) is 5.02 Å². The van der Waals surface area contributed by atoms with Crippen LogP contribution in [0.5, 0.6) is 5.75 Å². The number of thioether (sulfide) groups is 1. The molecule has 11 heteroatoms. The van der Waals surface area contributed by atoms with Crippen molar-refractivity contribution < 1.29 is 29.0 Å². The Morgan fingerprint density at radius 1 is 1.21 bits per heavy atom. The summed E-state index contributed by atoms with van der Waals surface area (Å²) in [5.74, 6) is -0.181. The molecule has 0 radical (unpaired) electrons. The van der Waals surface area contributed by atoms with E-state index in [1.54, 1.807) is 46.9 Å². The predicted octanol–water partition coefficient (Wildman–Crippen LogP) is 3.12. The number of aliphatic carboxylic acids is 1. The molecule has 2 heterocycles. The average Bonchev–Trinajstić information content (AvgIpc) is 3.52. The molecule has 2 aromatic carbocycles. The Labute approximate surface area is 241 Å². The summed E-state index contributed by atoms with van der Waals surface area (Å²) in [5, 5.41) is 11.4. The van der Waals surface area contributed by atoms with Gasteiger partial charge in [0, 0.05) is 35.9 Å². The molecule has 0 aromatic heterocycles. The highest BCUT2D eigenvalue weighted by atomic mass is 35.5. The Hall–Kier alpha value is -2.95. The first kappa shape index (κ1) is 29.0. The van der Waals surface area contributed by atoms with E-state index < -0.39 is 12.0 Å². The quantitative estimate of drug-likeness (QED) is 0.205. The number of thiocarbonyl (C=S) groups is 1. The molecule has 4 rings (SSSR count). The molecule has 0 saturated carbocycles. The van der Waals surface area contributed by atoms with Crippen LogP contribution in [-0.2, 0) is 14.3 Å². The lowest BCUT2D eigenvalue weighted by Gasteiger charge is -2.23. The van der Waals surface area contributed by atoms with Crippen LogP contribution in [0.15, 0.2) is 42.5 Å². The number of hydrogen-bond donors (Lipinski definition) is 1. The summed E-state index contributed by atoms with van der Waals surface area (Å²) in [5.41, 5.74) is 1.27. The Kier molecular flexibility index (Phi) is 9.63. The van der Waals surface area contributed by atoms with E-state index >= 15 is 0 Å². The van der Waals surface area contributed by atoms with Crippen LogP contribution in [0, 0.1) is 0 Å². The van der Waals surface area contributed by atoms with Crippen molar-refractivity contribution in [2.75, 3.05) is 26.0 Å². The number of carboxylic acid groups (broad SMARTS) is 1. The predicted molar refractivity (Wildman–Crippen MR) is 155 cm³/mol. The molecule has 2 atom stereocenters. The molecule has 2 aromatic rings. The van der Waals surface area contributed by atoms with E-state index in [2.05, 4.69) is 0 Å². The lowest BCUT2D eigenvalue weighted by Crippen LogP contribution is -2.41. The third-order valence-corrected chi connectivity index (χ3v) is 8.71. The van der Waals surface area contributed by atoms with E-state index in [0.717, 1.165) is 17.2 Å². The number of hydrogen-bond acceptors (Lipinski definition) is 7. The van der Waals surface area contributed by atoms with Crippen LogP contribution in [-0.4, -0.2) is 70.3 Å². The second kappa shape index (κ2) is 12.9. The minimum atomic E-state index is -0.851. The number of nitrogens with zero attached hydrogens (tertiary/aromatic N) is 2. The molecule has 1 fully saturated rings. The number of esters is 1. The summed E-state index contributed by atoms with van der Waals surface area (Å²) < 4.78 is 13.2. The zero-order chi connectivity index (χ0) is 28.1. The van der Waals surface area contributed by atoms with Crippen LogP contribution < -0.4 is 19.9 Å². The summed E-state index contributed by atoms with van der Waals surface area (Å²) in [6, 6.07) is 11.2. The number of rotatable bonds is 9. The molecular weight excluding hydrogens is 560 g/mol. The van der Waals surface area contributed by atoms with Crippen molar-refractivity contribution in [2.45, 2.75) is 44.7 Å². The molecule has 0 aliphatic carbocycles. The van der Waals surface area contributed by atoms with Gasteiger partial charge in [-0.1, -0.05) is 35.6 Å². The van der Waals surface area contributed by atoms with Gasteiger partial charge in [-0.25, -0.2) is 9.59 Å². The summed E-state index contributed by atoms with van der Waals surface area (Å²) in [7, 11) is 1.57.